The number of aryl methyl sites for hydroxylation is 2. The van der Waals surface area contributed by atoms with Crippen LogP contribution in [0, 0.1) is 12.7 Å². The van der Waals surface area contributed by atoms with Crippen LogP contribution in [0.1, 0.15) is 12.1 Å². The highest BCUT2D eigenvalue weighted by Gasteiger charge is 2.34. The minimum absolute atomic E-state index is 0.0566. The van der Waals surface area contributed by atoms with Gasteiger partial charge >= 0.3 is 0 Å². The van der Waals surface area contributed by atoms with Crippen LogP contribution in [0.15, 0.2) is 24.5 Å². The zero-order valence-electron chi connectivity index (χ0n) is 15.2. The summed E-state index contributed by atoms with van der Waals surface area (Å²) in [4.78, 5) is 22.9. The third kappa shape index (κ3) is 2.94. The maximum atomic E-state index is 13.9. The number of methoxy groups -OCH3 is 1. The number of amides is 1. The zero-order valence-corrected chi connectivity index (χ0v) is 15.2. The highest BCUT2D eigenvalue weighted by Crippen LogP contribution is 2.29. The summed E-state index contributed by atoms with van der Waals surface area (Å²) in [5, 5.41) is 8.08. The van der Waals surface area contributed by atoms with Crippen molar-refractivity contribution in [3.05, 3.63) is 36.0 Å². The number of carbonyl (C=O) groups excluding carboxylic acids is 1. The van der Waals surface area contributed by atoms with E-state index in [0.29, 0.717) is 29.7 Å². The van der Waals surface area contributed by atoms with Gasteiger partial charge in [0.15, 0.2) is 11.6 Å². The molecule has 8 nitrogen and oxygen atoms in total. The Hall–Kier alpha value is -3.23. The van der Waals surface area contributed by atoms with Gasteiger partial charge in [-0.15, -0.1) is 0 Å². The van der Waals surface area contributed by atoms with Crippen molar-refractivity contribution >= 4 is 28.4 Å². The first-order chi connectivity index (χ1) is 13.0. The van der Waals surface area contributed by atoms with Gasteiger partial charge in [-0.2, -0.15) is 5.10 Å². The Labute approximate surface area is 155 Å². The predicted molar refractivity (Wildman–Crippen MR) is 98.4 cm³/mol. The van der Waals surface area contributed by atoms with Crippen molar-refractivity contribution in [1.82, 2.24) is 19.7 Å². The molecule has 1 saturated heterocycles. The van der Waals surface area contributed by atoms with E-state index in [4.69, 9.17) is 4.74 Å². The number of carbonyl (C=O) groups is 1. The van der Waals surface area contributed by atoms with Gasteiger partial charge in [-0.1, -0.05) is 0 Å². The lowest BCUT2D eigenvalue weighted by atomic mass is 10.2. The van der Waals surface area contributed by atoms with Gasteiger partial charge in [0.2, 0.25) is 0 Å². The van der Waals surface area contributed by atoms with E-state index in [0.717, 1.165) is 11.5 Å². The average molecular weight is 370 g/mol. The van der Waals surface area contributed by atoms with Crippen molar-refractivity contribution in [3.63, 3.8) is 0 Å². The molecule has 1 amide bonds. The molecule has 1 aromatic carbocycles. The summed E-state index contributed by atoms with van der Waals surface area (Å²) in [7, 11) is 3.21. The van der Waals surface area contributed by atoms with Crippen molar-refractivity contribution < 1.29 is 13.9 Å². The van der Waals surface area contributed by atoms with Crippen LogP contribution in [0.3, 0.4) is 0 Å². The molecule has 1 aliphatic rings. The van der Waals surface area contributed by atoms with Crippen molar-refractivity contribution in [2.75, 3.05) is 23.9 Å². The molecule has 1 unspecified atom stereocenters. The van der Waals surface area contributed by atoms with Crippen LogP contribution < -0.4 is 15.0 Å². The smallest absolute Gasteiger partial charge is 0.250 e. The standard InChI is InChI=1S/C18H19FN6O2/c1-10-6-16(24(2)23-10)25-5-4-13(18(25)26)22-17-11-7-15(27-3)12(19)8-14(11)20-9-21-17/h6-9,13H,4-5H2,1-3H3,(H,20,21,22). The van der Waals surface area contributed by atoms with Gasteiger partial charge in [0, 0.05) is 31.1 Å². The number of nitrogens with zero attached hydrogens (tertiary/aromatic N) is 5. The molecule has 1 fully saturated rings. The quantitative estimate of drug-likeness (QED) is 0.756. The third-order valence-corrected chi connectivity index (χ3v) is 4.68. The second kappa shape index (κ2) is 6.49. The lowest BCUT2D eigenvalue weighted by molar-refractivity contribution is -0.117. The Balaban J connectivity index is 1.63. The van der Waals surface area contributed by atoms with Crippen LogP contribution in [-0.4, -0.2) is 45.4 Å². The van der Waals surface area contributed by atoms with Gasteiger partial charge in [-0.05, 0) is 19.4 Å². The largest absolute Gasteiger partial charge is 0.494 e. The van der Waals surface area contributed by atoms with Crippen LogP contribution in [0.5, 0.6) is 5.75 Å². The third-order valence-electron chi connectivity index (χ3n) is 4.68. The van der Waals surface area contributed by atoms with E-state index < -0.39 is 11.9 Å². The lowest BCUT2D eigenvalue weighted by Gasteiger charge is -2.17. The molecule has 3 aromatic rings. The van der Waals surface area contributed by atoms with E-state index in [-0.39, 0.29) is 11.7 Å². The minimum atomic E-state index is -0.496. The maximum absolute atomic E-state index is 13.9. The van der Waals surface area contributed by atoms with E-state index in [1.54, 1.807) is 9.58 Å². The first-order valence-electron chi connectivity index (χ1n) is 8.54. The van der Waals surface area contributed by atoms with E-state index >= 15 is 0 Å². The molecule has 2 aromatic heterocycles. The van der Waals surface area contributed by atoms with Gasteiger partial charge in [-0.3, -0.25) is 14.4 Å². The minimum Gasteiger partial charge on any atom is -0.494 e. The number of hydrogen-bond acceptors (Lipinski definition) is 6. The summed E-state index contributed by atoms with van der Waals surface area (Å²) in [5.74, 6) is 0.783. The molecular weight excluding hydrogens is 351 g/mol. The summed E-state index contributed by atoms with van der Waals surface area (Å²) in [5.41, 5.74) is 1.29. The Morgan fingerprint density at radius 3 is 2.81 bits per heavy atom. The number of halogens is 1. The van der Waals surface area contributed by atoms with Gasteiger partial charge in [0.25, 0.3) is 5.91 Å². The monoisotopic (exact) mass is 370 g/mol. The molecule has 4 rings (SSSR count). The van der Waals surface area contributed by atoms with Crippen molar-refractivity contribution in [3.8, 4) is 5.75 Å². The number of ether oxygens (including phenoxy) is 1. The molecule has 1 atom stereocenters. The second-order valence-electron chi connectivity index (χ2n) is 6.47. The van der Waals surface area contributed by atoms with Gasteiger partial charge in [-0.25, -0.2) is 14.4 Å². The summed E-state index contributed by atoms with van der Waals surface area (Å²) in [6, 6.07) is 4.28. The van der Waals surface area contributed by atoms with Crippen molar-refractivity contribution in [2.45, 2.75) is 19.4 Å². The van der Waals surface area contributed by atoms with E-state index in [2.05, 4.69) is 20.4 Å². The molecule has 0 spiro atoms. The first-order valence-corrected chi connectivity index (χ1v) is 8.54. The molecule has 1 N–H and O–H groups in total. The van der Waals surface area contributed by atoms with Crippen molar-refractivity contribution in [2.24, 2.45) is 7.05 Å². The normalized spacial score (nSPS) is 17.0. The second-order valence-corrected chi connectivity index (χ2v) is 6.47. The van der Waals surface area contributed by atoms with Crippen LogP contribution >= 0.6 is 0 Å². The molecule has 140 valence electrons. The van der Waals surface area contributed by atoms with Crippen LogP contribution in [-0.2, 0) is 11.8 Å². The topological polar surface area (TPSA) is 85.2 Å². The molecule has 1 aliphatic heterocycles. The average Bonchev–Trinajstić information content (AvgIpc) is 3.16. The number of benzene rings is 1. The van der Waals surface area contributed by atoms with Gasteiger partial charge in [0.1, 0.15) is 24.0 Å². The molecule has 0 saturated carbocycles. The Morgan fingerprint density at radius 1 is 1.30 bits per heavy atom. The maximum Gasteiger partial charge on any atom is 0.250 e. The van der Waals surface area contributed by atoms with Crippen LogP contribution in [0.2, 0.25) is 0 Å². The highest BCUT2D eigenvalue weighted by atomic mass is 19.1. The Bertz CT molecular complexity index is 1030. The molecule has 27 heavy (non-hydrogen) atoms. The summed E-state index contributed by atoms with van der Waals surface area (Å²) >= 11 is 0. The van der Waals surface area contributed by atoms with Gasteiger partial charge in [0.05, 0.1) is 18.3 Å². The number of anilines is 2. The van der Waals surface area contributed by atoms with Gasteiger partial charge < -0.3 is 10.1 Å². The van der Waals surface area contributed by atoms with Crippen LogP contribution in [0.4, 0.5) is 16.0 Å². The Kier molecular flexibility index (Phi) is 4.14. The number of fused-ring (bicyclic) bond motifs is 1. The number of hydrogen-bond donors (Lipinski definition) is 1. The fourth-order valence-corrected chi connectivity index (χ4v) is 3.39. The Morgan fingerprint density at radius 2 is 2.11 bits per heavy atom. The fraction of sp³-hybridized carbons (Fsp3) is 0.333. The summed E-state index contributed by atoms with van der Waals surface area (Å²) in [6.45, 7) is 2.47. The lowest BCUT2D eigenvalue weighted by Crippen LogP contribution is -2.34. The number of nitrogens with one attached hydrogen (secondary N) is 1. The molecule has 0 radical (unpaired) electrons. The van der Waals surface area contributed by atoms with Crippen LogP contribution in [0.25, 0.3) is 10.9 Å². The van der Waals surface area contributed by atoms with E-state index in [9.17, 15) is 9.18 Å². The summed E-state index contributed by atoms with van der Waals surface area (Å²) < 4.78 is 20.7. The SMILES string of the molecule is COc1cc2c(NC3CCN(c4cc(C)nn4C)C3=O)ncnc2cc1F. The zero-order chi connectivity index (χ0) is 19.1. The molecule has 9 heteroatoms. The number of aromatic nitrogens is 4. The molecule has 0 aliphatic carbocycles. The molecular formula is C18H19FN6O2. The van der Waals surface area contributed by atoms with E-state index in [1.807, 2.05) is 20.0 Å². The summed E-state index contributed by atoms with van der Waals surface area (Å²) in [6.07, 6.45) is 1.96. The van der Waals surface area contributed by atoms with Crippen molar-refractivity contribution in [1.29, 1.82) is 0 Å². The fourth-order valence-electron chi connectivity index (χ4n) is 3.39. The highest BCUT2D eigenvalue weighted by molar-refractivity contribution is 6.01. The first kappa shape index (κ1) is 17.2. The molecule has 0 bridgehead atoms. The number of rotatable bonds is 4. The molecule has 3 heterocycles. The van der Waals surface area contributed by atoms with E-state index in [1.165, 1.54) is 25.6 Å². The predicted octanol–water partition coefficient (Wildman–Crippen LogP) is 2.04.